The Morgan fingerprint density at radius 3 is 2.47 bits per heavy atom. The molecule has 1 aromatic carbocycles. The summed E-state index contributed by atoms with van der Waals surface area (Å²) in [6.07, 6.45) is 1.93. The number of nitrogens with zero attached hydrogens (tertiary/aromatic N) is 1. The van der Waals surface area contributed by atoms with Gasteiger partial charge < -0.3 is 0 Å². The smallest absolute Gasteiger partial charge is 0.130 e. The molecular weight excluding hydrogens is 220 g/mol. The third-order valence-corrected chi connectivity index (χ3v) is 3.47. The fourth-order valence-electron chi connectivity index (χ4n) is 2.26. The van der Waals surface area contributed by atoms with E-state index in [2.05, 4.69) is 11.5 Å². The van der Waals surface area contributed by atoms with Crippen molar-refractivity contribution < 1.29 is 8.78 Å². The van der Waals surface area contributed by atoms with Crippen molar-refractivity contribution in [3.05, 3.63) is 47.5 Å². The van der Waals surface area contributed by atoms with Crippen LogP contribution in [0, 0.1) is 11.6 Å². The molecule has 1 fully saturated rings. The lowest BCUT2D eigenvalue weighted by atomic mass is 10.0. The Morgan fingerprint density at radius 2 is 1.88 bits per heavy atom. The van der Waals surface area contributed by atoms with E-state index in [1.807, 2.05) is 6.92 Å². The van der Waals surface area contributed by atoms with Crippen LogP contribution in [0.4, 0.5) is 8.78 Å². The second-order valence-corrected chi connectivity index (χ2v) is 4.63. The Kier molecular flexibility index (Phi) is 3.57. The van der Waals surface area contributed by atoms with Crippen molar-refractivity contribution in [2.75, 3.05) is 13.1 Å². The van der Waals surface area contributed by atoms with Gasteiger partial charge in [-0.05, 0) is 25.8 Å². The molecule has 1 aliphatic rings. The first-order valence-electron chi connectivity index (χ1n) is 5.93. The summed E-state index contributed by atoms with van der Waals surface area (Å²) in [6.45, 7) is 7.72. The summed E-state index contributed by atoms with van der Waals surface area (Å²) < 4.78 is 26.5. The second kappa shape index (κ2) is 4.96. The maximum atomic E-state index is 13.6. The van der Waals surface area contributed by atoms with Gasteiger partial charge in [0.1, 0.15) is 11.6 Å². The topological polar surface area (TPSA) is 3.24 Å². The zero-order valence-electron chi connectivity index (χ0n) is 10.0. The van der Waals surface area contributed by atoms with E-state index in [4.69, 9.17) is 0 Å². The highest BCUT2D eigenvalue weighted by molar-refractivity contribution is 5.22. The maximum Gasteiger partial charge on any atom is 0.130 e. The van der Waals surface area contributed by atoms with E-state index in [-0.39, 0.29) is 6.04 Å². The lowest BCUT2D eigenvalue weighted by Crippen LogP contribution is -2.33. The number of hydrogen-bond acceptors (Lipinski definition) is 1. The van der Waals surface area contributed by atoms with Gasteiger partial charge in [-0.3, -0.25) is 4.90 Å². The molecule has 17 heavy (non-hydrogen) atoms. The first-order chi connectivity index (χ1) is 8.08. The first-order valence-corrected chi connectivity index (χ1v) is 5.93. The molecule has 92 valence electrons. The molecule has 0 aliphatic carbocycles. The van der Waals surface area contributed by atoms with E-state index in [1.165, 1.54) is 11.6 Å². The zero-order valence-corrected chi connectivity index (χ0v) is 10.0. The molecule has 0 amide bonds. The molecule has 0 radical (unpaired) electrons. The average molecular weight is 237 g/mol. The third-order valence-electron chi connectivity index (χ3n) is 3.47. The minimum Gasteiger partial charge on any atom is -0.296 e. The van der Waals surface area contributed by atoms with Gasteiger partial charge in [-0.1, -0.05) is 18.2 Å². The zero-order chi connectivity index (χ0) is 12.4. The molecule has 1 nitrogen and oxygen atoms in total. The SMILES string of the molecule is C=C1CCN([C@H](C)c2ccc(F)cc2F)CC1. The minimum absolute atomic E-state index is 0.0105. The highest BCUT2D eigenvalue weighted by atomic mass is 19.1. The number of likely N-dealkylation sites (tertiary alicyclic amines) is 1. The van der Waals surface area contributed by atoms with Crippen molar-refractivity contribution in [3.63, 3.8) is 0 Å². The van der Waals surface area contributed by atoms with Gasteiger partial charge in [0.2, 0.25) is 0 Å². The van der Waals surface area contributed by atoms with Gasteiger partial charge in [0.25, 0.3) is 0 Å². The fraction of sp³-hybridized carbons (Fsp3) is 0.429. The van der Waals surface area contributed by atoms with E-state index in [0.717, 1.165) is 32.0 Å². The van der Waals surface area contributed by atoms with Crippen LogP contribution < -0.4 is 0 Å². The van der Waals surface area contributed by atoms with Crippen LogP contribution in [0.5, 0.6) is 0 Å². The standard InChI is InChI=1S/C14H17F2N/c1-10-5-7-17(8-6-10)11(2)13-4-3-12(15)9-14(13)16/h3-4,9,11H,1,5-8H2,2H3/t11-/m1/s1. The highest BCUT2D eigenvalue weighted by Crippen LogP contribution is 2.27. The molecule has 0 N–H and O–H groups in total. The number of rotatable bonds is 2. The van der Waals surface area contributed by atoms with E-state index in [1.54, 1.807) is 6.07 Å². The summed E-state index contributed by atoms with van der Waals surface area (Å²) in [7, 11) is 0. The molecule has 1 saturated heterocycles. The van der Waals surface area contributed by atoms with E-state index >= 15 is 0 Å². The normalized spacial score (nSPS) is 19.4. The predicted octanol–water partition coefficient (Wildman–Crippen LogP) is 3.68. The Bertz CT molecular complexity index is 418. The van der Waals surface area contributed by atoms with E-state index in [0.29, 0.717) is 5.56 Å². The van der Waals surface area contributed by atoms with Crippen LogP contribution in [0.3, 0.4) is 0 Å². The van der Waals surface area contributed by atoms with Crippen molar-refractivity contribution in [1.82, 2.24) is 4.90 Å². The molecule has 3 heteroatoms. The van der Waals surface area contributed by atoms with Gasteiger partial charge >= 0.3 is 0 Å². The van der Waals surface area contributed by atoms with Crippen molar-refractivity contribution in [2.24, 2.45) is 0 Å². The maximum absolute atomic E-state index is 13.6. The Hall–Kier alpha value is -1.22. The van der Waals surface area contributed by atoms with Crippen molar-refractivity contribution in [2.45, 2.75) is 25.8 Å². The number of halogens is 2. The van der Waals surface area contributed by atoms with Gasteiger partial charge in [-0.15, -0.1) is 0 Å². The summed E-state index contributed by atoms with van der Waals surface area (Å²) >= 11 is 0. The van der Waals surface area contributed by atoms with Crippen LogP contribution in [-0.4, -0.2) is 18.0 Å². The highest BCUT2D eigenvalue weighted by Gasteiger charge is 2.21. The first kappa shape index (κ1) is 12.2. The molecule has 1 heterocycles. The number of piperidine rings is 1. The molecule has 0 aromatic heterocycles. The van der Waals surface area contributed by atoms with Gasteiger partial charge in [0.15, 0.2) is 0 Å². The monoisotopic (exact) mass is 237 g/mol. The summed E-state index contributed by atoms with van der Waals surface area (Å²) in [5.74, 6) is -0.979. The van der Waals surface area contributed by atoms with Crippen LogP contribution in [0.25, 0.3) is 0 Å². The van der Waals surface area contributed by atoms with Gasteiger partial charge in [0.05, 0.1) is 0 Å². The summed E-state index contributed by atoms with van der Waals surface area (Å²) in [4.78, 5) is 2.21. The van der Waals surface area contributed by atoms with Gasteiger partial charge in [-0.25, -0.2) is 8.78 Å². The predicted molar refractivity (Wildman–Crippen MR) is 64.7 cm³/mol. The lowest BCUT2D eigenvalue weighted by molar-refractivity contribution is 0.193. The largest absolute Gasteiger partial charge is 0.296 e. The van der Waals surface area contributed by atoms with Gasteiger partial charge in [-0.2, -0.15) is 0 Å². The molecule has 0 unspecified atom stereocenters. The molecular formula is C14H17F2N. The van der Waals surface area contributed by atoms with E-state index < -0.39 is 11.6 Å². The Morgan fingerprint density at radius 1 is 1.24 bits per heavy atom. The van der Waals surface area contributed by atoms with Crippen molar-refractivity contribution in [1.29, 1.82) is 0 Å². The molecule has 1 atom stereocenters. The molecule has 2 rings (SSSR count). The van der Waals surface area contributed by atoms with Gasteiger partial charge in [0, 0.05) is 30.8 Å². The minimum atomic E-state index is -0.523. The third kappa shape index (κ3) is 2.72. The van der Waals surface area contributed by atoms with Crippen LogP contribution in [0.1, 0.15) is 31.4 Å². The van der Waals surface area contributed by atoms with Crippen LogP contribution in [0.15, 0.2) is 30.4 Å². The quantitative estimate of drug-likeness (QED) is 0.709. The molecule has 1 aromatic rings. The Balaban J connectivity index is 2.13. The molecule has 0 saturated carbocycles. The number of benzene rings is 1. The lowest BCUT2D eigenvalue weighted by Gasteiger charge is -2.33. The molecule has 0 spiro atoms. The molecule has 0 bridgehead atoms. The average Bonchev–Trinajstić information content (AvgIpc) is 2.29. The van der Waals surface area contributed by atoms with Crippen molar-refractivity contribution >= 4 is 0 Å². The number of hydrogen-bond donors (Lipinski definition) is 0. The van der Waals surface area contributed by atoms with Crippen LogP contribution in [0.2, 0.25) is 0 Å². The fourth-order valence-corrected chi connectivity index (χ4v) is 2.26. The Labute approximate surface area is 101 Å². The van der Waals surface area contributed by atoms with E-state index in [9.17, 15) is 8.78 Å². The molecule has 1 aliphatic heterocycles. The summed E-state index contributed by atoms with van der Waals surface area (Å²) in [5.41, 5.74) is 1.83. The van der Waals surface area contributed by atoms with Crippen LogP contribution >= 0.6 is 0 Å². The van der Waals surface area contributed by atoms with Crippen molar-refractivity contribution in [3.8, 4) is 0 Å². The second-order valence-electron chi connectivity index (χ2n) is 4.63. The summed E-state index contributed by atoms with van der Waals surface area (Å²) in [6, 6.07) is 3.80. The summed E-state index contributed by atoms with van der Waals surface area (Å²) in [5, 5.41) is 0. The van der Waals surface area contributed by atoms with Crippen LogP contribution in [-0.2, 0) is 0 Å².